The van der Waals surface area contributed by atoms with Gasteiger partial charge in [-0.05, 0) is 23.8 Å². The van der Waals surface area contributed by atoms with Crippen molar-refractivity contribution in [1.29, 1.82) is 0 Å². The molecule has 0 heterocycles. The van der Waals surface area contributed by atoms with Crippen molar-refractivity contribution in [2.75, 3.05) is 0 Å². The fourth-order valence-electron chi connectivity index (χ4n) is 2.18. The zero-order valence-corrected chi connectivity index (χ0v) is 14.1. The summed E-state index contributed by atoms with van der Waals surface area (Å²) in [4.78, 5) is 8.00. The molecule has 0 spiro atoms. The maximum atomic E-state index is 8.00. The zero-order valence-electron chi connectivity index (χ0n) is 12.1. The van der Waals surface area contributed by atoms with Gasteiger partial charge < -0.3 is 4.79 Å². The minimum atomic E-state index is -0.446. The van der Waals surface area contributed by atoms with Crippen LogP contribution in [0, 0.1) is 0 Å². The molecule has 22 heavy (non-hydrogen) atoms. The van der Waals surface area contributed by atoms with E-state index in [2.05, 4.69) is 91.0 Å². The van der Waals surface area contributed by atoms with Crippen LogP contribution in [0.25, 0.3) is 0 Å². The van der Waals surface area contributed by atoms with Crippen LogP contribution in [0.3, 0.4) is 0 Å². The van der Waals surface area contributed by atoms with Crippen LogP contribution < -0.4 is 15.9 Å². The first-order valence-corrected chi connectivity index (χ1v) is 8.03. The van der Waals surface area contributed by atoms with Gasteiger partial charge >= 0.3 is 0 Å². The van der Waals surface area contributed by atoms with E-state index in [0.717, 1.165) is 0 Å². The normalized spacial score (nSPS) is 9.32. The number of rotatable bonds is 3. The molecule has 0 N–H and O–H groups in total. The fourth-order valence-corrected chi connectivity index (χ4v) is 4.48. The minimum Gasteiger partial charge on any atom is -0.307 e. The Kier molecular flexibility index (Phi) is 8.40. The first kappa shape index (κ1) is 18.3. The quantitative estimate of drug-likeness (QED) is 0.525. The summed E-state index contributed by atoms with van der Waals surface area (Å²) in [6, 6.07) is 32.3. The largest absolute Gasteiger partial charge is 0.307 e. The molecule has 0 aliphatic carbocycles. The molecule has 0 bridgehead atoms. The Labute approximate surface area is 143 Å². The van der Waals surface area contributed by atoms with Gasteiger partial charge in [0.2, 0.25) is 0 Å². The number of carbonyl (C=O) groups excluding carboxylic acids is 1. The summed E-state index contributed by atoms with van der Waals surface area (Å²) < 4.78 is 0. The first-order valence-electron chi connectivity index (χ1n) is 6.69. The Balaban J connectivity index is 0.000000775. The molecule has 0 atom stereocenters. The van der Waals surface area contributed by atoms with E-state index < -0.39 is 7.92 Å². The van der Waals surface area contributed by atoms with Gasteiger partial charge in [-0.25, -0.2) is 0 Å². The summed E-state index contributed by atoms with van der Waals surface area (Å²) in [5, 5.41) is 4.19. The topological polar surface area (TPSA) is 17.1 Å². The monoisotopic (exact) mass is 348 g/mol. The van der Waals surface area contributed by atoms with Gasteiger partial charge in [-0.3, -0.25) is 0 Å². The van der Waals surface area contributed by atoms with E-state index in [1.54, 1.807) is 0 Å². The van der Waals surface area contributed by atoms with Gasteiger partial charge in [-0.1, -0.05) is 91.0 Å². The predicted octanol–water partition coefficient (Wildman–Crippen LogP) is 3.26. The van der Waals surface area contributed by atoms with E-state index in [-0.39, 0.29) is 17.1 Å². The summed E-state index contributed by atoms with van der Waals surface area (Å²) in [7, 11) is -0.446. The fraction of sp³-hybridized carbons (Fsp3) is 0. The smallest absolute Gasteiger partial charge is 0.106 e. The van der Waals surface area contributed by atoms with Gasteiger partial charge in [0.05, 0.1) is 0 Å². The second-order valence-corrected chi connectivity index (χ2v) is 6.56. The number of benzene rings is 3. The van der Waals surface area contributed by atoms with E-state index in [1.807, 2.05) is 6.79 Å². The molecule has 0 unspecified atom stereocenters. The van der Waals surface area contributed by atoms with Crippen LogP contribution in [0.5, 0.6) is 0 Å². The van der Waals surface area contributed by atoms with Crippen LogP contribution in [0.2, 0.25) is 0 Å². The molecule has 0 radical (unpaired) electrons. The third-order valence-electron chi connectivity index (χ3n) is 3.04. The summed E-state index contributed by atoms with van der Waals surface area (Å²) in [5.41, 5.74) is 0. The molecule has 3 rings (SSSR count). The van der Waals surface area contributed by atoms with E-state index in [1.165, 1.54) is 15.9 Å². The number of hydrogen-bond donors (Lipinski definition) is 0. The van der Waals surface area contributed by atoms with Crippen molar-refractivity contribution in [3.63, 3.8) is 0 Å². The SMILES string of the molecule is C=O.[Fe].c1ccc(P(c2ccccc2)c2ccccc2)cc1. The van der Waals surface area contributed by atoms with Gasteiger partial charge in [0, 0.05) is 17.1 Å². The van der Waals surface area contributed by atoms with E-state index in [9.17, 15) is 0 Å². The van der Waals surface area contributed by atoms with Crippen LogP contribution in [0.15, 0.2) is 91.0 Å². The van der Waals surface area contributed by atoms with Crippen molar-refractivity contribution in [1.82, 2.24) is 0 Å². The van der Waals surface area contributed by atoms with Crippen LogP contribution in [0.4, 0.5) is 0 Å². The summed E-state index contributed by atoms with van der Waals surface area (Å²) in [5.74, 6) is 0. The second kappa shape index (κ2) is 10.1. The van der Waals surface area contributed by atoms with E-state index >= 15 is 0 Å². The predicted molar refractivity (Wildman–Crippen MR) is 92.3 cm³/mol. The van der Waals surface area contributed by atoms with Crippen LogP contribution in [-0.2, 0) is 21.9 Å². The zero-order chi connectivity index (χ0) is 14.9. The van der Waals surface area contributed by atoms with Gasteiger partial charge in [0.15, 0.2) is 0 Å². The summed E-state index contributed by atoms with van der Waals surface area (Å²) in [6.07, 6.45) is 0. The van der Waals surface area contributed by atoms with Crippen molar-refractivity contribution in [3.05, 3.63) is 91.0 Å². The second-order valence-electron chi connectivity index (χ2n) is 4.34. The maximum Gasteiger partial charge on any atom is 0.106 e. The molecule has 0 aliphatic rings. The molecule has 0 aliphatic heterocycles. The average molecular weight is 348 g/mol. The van der Waals surface area contributed by atoms with E-state index in [0.29, 0.717) is 0 Å². The molecule has 0 fully saturated rings. The molecule has 0 saturated carbocycles. The molecule has 3 aromatic rings. The summed E-state index contributed by atoms with van der Waals surface area (Å²) in [6.45, 7) is 2.00. The van der Waals surface area contributed by atoms with Crippen molar-refractivity contribution in [2.45, 2.75) is 0 Å². The van der Waals surface area contributed by atoms with Crippen molar-refractivity contribution in [2.24, 2.45) is 0 Å². The Morgan fingerprint density at radius 1 is 0.500 bits per heavy atom. The third kappa shape index (κ3) is 4.64. The van der Waals surface area contributed by atoms with Crippen LogP contribution in [-0.4, -0.2) is 6.79 Å². The standard InChI is InChI=1S/C18H15P.CH2O.Fe/c1-4-10-16(11-5-1)19(17-12-6-2-7-13-17)18-14-8-3-9-15-18;1-2;/h1-15H;1H2;. The summed E-state index contributed by atoms with van der Waals surface area (Å²) >= 11 is 0. The molecule has 112 valence electrons. The minimum absolute atomic E-state index is 0. The van der Waals surface area contributed by atoms with Gasteiger partial charge in [0.25, 0.3) is 0 Å². The van der Waals surface area contributed by atoms with Gasteiger partial charge in [0.1, 0.15) is 6.79 Å². The number of carbonyl (C=O) groups is 1. The molecule has 0 amide bonds. The Bertz CT molecular complexity index is 550. The first-order chi connectivity index (χ1) is 10.4. The molecular weight excluding hydrogens is 331 g/mol. The maximum absolute atomic E-state index is 8.00. The van der Waals surface area contributed by atoms with Gasteiger partial charge in [-0.2, -0.15) is 0 Å². The van der Waals surface area contributed by atoms with Crippen LogP contribution >= 0.6 is 7.92 Å². The van der Waals surface area contributed by atoms with Crippen LogP contribution in [0.1, 0.15) is 0 Å². The Hall–Kier alpha value is -1.72. The van der Waals surface area contributed by atoms with Crippen molar-refractivity contribution >= 4 is 30.6 Å². The molecule has 0 aromatic heterocycles. The molecule has 1 nitrogen and oxygen atoms in total. The molecule has 3 aromatic carbocycles. The molecule has 3 heteroatoms. The average Bonchev–Trinajstić information content (AvgIpc) is 2.60. The number of hydrogen-bond acceptors (Lipinski definition) is 1. The Morgan fingerprint density at radius 3 is 0.955 bits per heavy atom. The van der Waals surface area contributed by atoms with E-state index in [4.69, 9.17) is 4.79 Å². The van der Waals surface area contributed by atoms with Gasteiger partial charge in [-0.15, -0.1) is 0 Å². The molecule has 0 saturated heterocycles. The third-order valence-corrected chi connectivity index (χ3v) is 5.49. The molecular formula is C19H17FeOP. The van der Waals surface area contributed by atoms with Crippen molar-refractivity contribution < 1.29 is 21.9 Å². The Morgan fingerprint density at radius 2 is 0.727 bits per heavy atom. The van der Waals surface area contributed by atoms with Crippen molar-refractivity contribution in [3.8, 4) is 0 Å².